The van der Waals surface area contributed by atoms with Crippen LogP contribution in [0.3, 0.4) is 0 Å². The van der Waals surface area contributed by atoms with Crippen LogP contribution >= 0.6 is 0 Å². The van der Waals surface area contributed by atoms with E-state index in [2.05, 4.69) is 5.73 Å². The highest BCUT2D eigenvalue weighted by atomic mass is 32.2. The van der Waals surface area contributed by atoms with Gasteiger partial charge < -0.3 is 10.3 Å². The maximum Gasteiger partial charge on any atom is 0.267 e. The lowest BCUT2D eigenvalue weighted by Crippen LogP contribution is -2.21. The molecule has 0 heterocycles. The van der Waals surface area contributed by atoms with E-state index in [9.17, 15) is 9.35 Å². The Labute approximate surface area is 45.1 Å². The van der Waals surface area contributed by atoms with Crippen molar-refractivity contribution < 1.29 is 9.35 Å². The Morgan fingerprint density at radius 3 is 2.43 bits per heavy atom. The van der Waals surface area contributed by atoms with E-state index in [0.717, 1.165) is 0 Å². The Hall–Kier alpha value is -0.220. The molecule has 1 amide bonds. The Morgan fingerprint density at radius 2 is 2.43 bits per heavy atom. The van der Waals surface area contributed by atoms with Crippen molar-refractivity contribution in [3.8, 4) is 0 Å². The van der Waals surface area contributed by atoms with Gasteiger partial charge in [-0.05, 0) is 11.2 Å². The van der Waals surface area contributed by atoms with Crippen molar-refractivity contribution in [1.82, 2.24) is 0 Å². The summed E-state index contributed by atoms with van der Waals surface area (Å²) in [5, 5.41) is 0. The lowest BCUT2D eigenvalue weighted by atomic mass is 10.8. The molecule has 1 unspecified atom stereocenters. The minimum Gasteiger partial charge on any atom is -0.616 e. The zero-order valence-electron chi connectivity index (χ0n) is 4.01. The fraction of sp³-hybridized carbons (Fsp3) is 0.667. The van der Waals surface area contributed by atoms with Crippen LogP contribution < -0.4 is 5.73 Å². The maximum absolute atomic E-state index is 10.1. The van der Waals surface area contributed by atoms with Gasteiger partial charge in [-0.3, -0.25) is 4.79 Å². The first-order valence-electron chi connectivity index (χ1n) is 1.71. The normalized spacial score (nSPS) is 13.4. The average molecular weight is 121 g/mol. The van der Waals surface area contributed by atoms with Gasteiger partial charge >= 0.3 is 0 Å². The highest BCUT2D eigenvalue weighted by Gasteiger charge is 2.00. The van der Waals surface area contributed by atoms with E-state index in [0.29, 0.717) is 0 Å². The average Bonchev–Trinajstić information content (AvgIpc) is 1.27. The molecule has 3 nitrogen and oxygen atoms in total. The largest absolute Gasteiger partial charge is 0.616 e. The zero-order valence-corrected chi connectivity index (χ0v) is 4.83. The molecule has 7 heavy (non-hydrogen) atoms. The van der Waals surface area contributed by atoms with Gasteiger partial charge in [0.15, 0.2) is 5.75 Å². The third kappa shape index (κ3) is 5.78. The number of amides is 1. The first-order chi connectivity index (χ1) is 3.13. The van der Waals surface area contributed by atoms with Crippen LogP contribution in [0.5, 0.6) is 0 Å². The summed E-state index contributed by atoms with van der Waals surface area (Å²) in [6, 6.07) is 0. The molecule has 0 saturated carbocycles. The maximum atomic E-state index is 10.1. The molecule has 42 valence electrons. The van der Waals surface area contributed by atoms with Gasteiger partial charge in [0.05, 0.1) is 6.26 Å². The van der Waals surface area contributed by atoms with E-state index in [-0.39, 0.29) is 5.75 Å². The fourth-order valence-electron chi connectivity index (χ4n) is 0.200. The molecular formula is C3H7NO2S. The SMILES string of the molecule is C[S+]([O-])CC(N)=O. The van der Waals surface area contributed by atoms with Crippen molar-refractivity contribution in [2.75, 3.05) is 12.0 Å². The molecule has 0 radical (unpaired) electrons. The Bertz CT molecular complexity index is 73.3. The standard InChI is InChI=1S/C3H7NO2S/c1-7(6)2-3(4)5/h2H2,1H3,(H2,4,5). The molecule has 0 aliphatic rings. The van der Waals surface area contributed by atoms with Crippen molar-refractivity contribution in [2.45, 2.75) is 0 Å². The molecule has 0 aromatic rings. The van der Waals surface area contributed by atoms with Crippen LogP contribution in [0.4, 0.5) is 0 Å². The van der Waals surface area contributed by atoms with Crippen molar-refractivity contribution in [2.24, 2.45) is 5.73 Å². The number of rotatable bonds is 2. The van der Waals surface area contributed by atoms with E-state index in [4.69, 9.17) is 0 Å². The molecule has 0 aromatic carbocycles. The van der Waals surface area contributed by atoms with E-state index in [1.54, 1.807) is 0 Å². The summed E-state index contributed by atoms with van der Waals surface area (Å²) >= 11 is -1.07. The second-order valence-corrected chi connectivity index (χ2v) is 2.62. The molecule has 0 rings (SSSR count). The van der Waals surface area contributed by atoms with Gasteiger partial charge in [-0.1, -0.05) is 0 Å². The summed E-state index contributed by atoms with van der Waals surface area (Å²) in [5.74, 6) is -0.541. The molecule has 4 heteroatoms. The topological polar surface area (TPSA) is 66.2 Å². The predicted molar refractivity (Wildman–Crippen MR) is 28.1 cm³/mol. The highest BCUT2D eigenvalue weighted by molar-refractivity contribution is 7.91. The van der Waals surface area contributed by atoms with Gasteiger partial charge in [0.2, 0.25) is 0 Å². The number of hydrogen-bond acceptors (Lipinski definition) is 2. The lowest BCUT2D eigenvalue weighted by Gasteiger charge is -1.97. The summed E-state index contributed by atoms with van der Waals surface area (Å²) in [7, 11) is 0. The van der Waals surface area contributed by atoms with E-state index in [1.807, 2.05) is 0 Å². The van der Waals surface area contributed by atoms with Crippen molar-refractivity contribution in [3.05, 3.63) is 0 Å². The van der Waals surface area contributed by atoms with Crippen LogP contribution in [-0.2, 0) is 16.0 Å². The van der Waals surface area contributed by atoms with Gasteiger partial charge in [-0.2, -0.15) is 0 Å². The van der Waals surface area contributed by atoms with Crippen LogP contribution in [0.15, 0.2) is 0 Å². The van der Waals surface area contributed by atoms with Gasteiger partial charge in [0.25, 0.3) is 5.91 Å². The molecule has 0 bridgehead atoms. The van der Waals surface area contributed by atoms with E-state index in [1.165, 1.54) is 6.26 Å². The number of carbonyl (C=O) groups excluding carboxylic acids is 1. The lowest BCUT2D eigenvalue weighted by molar-refractivity contribution is -0.115. The van der Waals surface area contributed by atoms with Crippen molar-refractivity contribution in [1.29, 1.82) is 0 Å². The van der Waals surface area contributed by atoms with E-state index >= 15 is 0 Å². The number of hydrogen-bond donors (Lipinski definition) is 1. The van der Waals surface area contributed by atoms with Gasteiger partial charge in [-0.15, -0.1) is 0 Å². The van der Waals surface area contributed by atoms with Crippen LogP contribution in [-0.4, -0.2) is 22.5 Å². The predicted octanol–water partition coefficient (Wildman–Crippen LogP) is -1.15. The number of nitrogens with two attached hydrogens (primary N) is 1. The minimum absolute atomic E-state index is 0.0278. The molecule has 0 fully saturated rings. The van der Waals surface area contributed by atoms with Crippen molar-refractivity contribution in [3.63, 3.8) is 0 Å². The first kappa shape index (κ1) is 6.78. The quantitative estimate of drug-likeness (QED) is 0.469. The van der Waals surface area contributed by atoms with Crippen LogP contribution in [0.25, 0.3) is 0 Å². The van der Waals surface area contributed by atoms with Crippen LogP contribution in [0.2, 0.25) is 0 Å². The second-order valence-electron chi connectivity index (χ2n) is 1.18. The third-order valence-electron chi connectivity index (χ3n) is 0.346. The van der Waals surface area contributed by atoms with Gasteiger partial charge in [-0.25, -0.2) is 0 Å². The number of primary amides is 1. The summed E-state index contributed by atoms with van der Waals surface area (Å²) in [4.78, 5) is 9.84. The molecule has 1 atom stereocenters. The third-order valence-corrected chi connectivity index (χ3v) is 1.04. The second kappa shape index (κ2) is 2.87. The summed E-state index contributed by atoms with van der Waals surface area (Å²) in [6.07, 6.45) is 1.44. The van der Waals surface area contributed by atoms with Gasteiger partial charge in [0.1, 0.15) is 0 Å². The summed E-state index contributed by atoms with van der Waals surface area (Å²) in [5.41, 5.74) is 4.66. The fourth-order valence-corrected chi connectivity index (χ4v) is 0.601. The highest BCUT2D eigenvalue weighted by Crippen LogP contribution is 1.77. The molecule has 0 aliphatic carbocycles. The smallest absolute Gasteiger partial charge is 0.267 e. The molecule has 0 spiro atoms. The molecule has 0 aliphatic heterocycles. The Morgan fingerprint density at radius 1 is 2.00 bits per heavy atom. The monoisotopic (exact) mass is 121 g/mol. The van der Waals surface area contributed by atoms with E-state index < -0.39 is 17.1 Å². The Kier molecular flexibility index (Phi) is 2.78. The number of carbonyl (C=O) groups is 1. The summed E-state index contributed by atoms with van der Waals surface area (Å²) in [6.45, 7) is 0. The zero-order chi connectivity index (χ0) is 5.86. The summed E-state index contributed by atoms with van der Waals surface area (Å²) < 4.78 is 10.1. The molecular weight excluding hydrogens is 114 g/mol. The van der Waals surface area contributed by atoms with Crippen LogP contribution in [0.1, 0.15) is 0 Å². The Balaban J connectivity index is 3.13. The first-order valence-corrected chi connectivity index (χ1v) is 3.44. The molecule has 0 saturated heterocycles. The van der Waals surface area contributed by atoms with Gasteiger partial charge in [0, 0.05) is 0 Å². The molecule has 0 aromatic heterocycles. The minimum atomic E-state index is -1.07. The van der Waals surface area contributed by atoms with Crippen molar-refractivity contribution >= 4 is 17.1 Å². The molecule has 2 N–H and O–H groups in total. The van der Waals surface area contributed by atoms with Crippen LogP contribution in [0, 0.1) is 0 Å².